The second-order valence-corrected chi connectivity index (χ2v) is 5.06. The minimum atomic E-state index is -0.222. The molecule has 0 saturated carbocycles. The molecule has 0 saturated heterocycles. The summed E-state index contributed by atoms with van der Waals surface area (Å²) in [5.41, 5.74) is 2.55. The van der Waals surface area contributed by atoms with Crippen LogP contribution in [0, 0.1) is 6.92 Å². The molecular weight excluding hydrogens is 266 g/mol. The first-order valence-corrected chi connectivity index (χ1v) is 6.56. The molecule has 1 aromatic rings. The summed E-state index contributed by atoms with van der Waals surface area (Å²) < 4.78 is 1.11. The van der Waals surface area contributed by atoms with Crippen LogP contribution in [0.4, 0.5) is 0 Å². The van der Waals surface area contributed by atoms with E-state index in [1.165, 1.54) is 11.1 Å². The minimum absolute atomic E-state index is 0.222. The van der Waals surface area contributed by atoms with Crippen LogP contribution in [0.5, 0.6) is 0 Å². The van der Waals surface area contributed by atoms with Crippen molar-refractivity contribution in [2.75, 3.05) is 6.54 Å². The second kappa shape index (κ2) is 7.05. The van der Waals surface area contributed by atoms with E-state index >= 15 is 0 Å². The molecule has 3 heteroatoms. The Hall–Kier alpha value is -0.380. The summed E-state index contributed by atoms with van der Waals surface area (Å²) in [5.74, 6) is 0. The summed E-state index contributed by atoms with van der Waals surface area (Å²) in [7, 11) is 0. The highest BCUT2D eigenvalue weighted by Crippen LogP contribution is 2.15. The third kappa shape index (κ3) is 4.64. The molecule has 0 spiro atoms. The monoisotopic (exact) mass is 285 g/mol. The van der Waals surface area contributed by atoms with Crippen LogP contribution in [-0.2, 0) is 6.54 Å². The lowest BCUT2D eigenvalue weighted by Gasteiger charge is -2.12. The van der Waals surface area contributed by atoms with Crippen LogP contribution in [0.2, 0.25) is 0 Å². The van der Waals surface area contributed by atoms with E-state index in [1.54, 1.807) is 0 Å². The predicted octanol–water partition coefficient (Wildman–Crippen LogP) is 3.01. The lowest BCUT2D eigenvalue weighted by molar-refractivity contribution is 0.160. The Morgan fingerprint density at radius 1 is 1.44 bits per heavy atom. The molecule has 0 aliphatic heterocycles. The summed E-state index contributed by atoms with van der Waals surface area (Å²) in [4.78, 5) is 0. The van der Waals surface area contributed by atoms with Gasteiger partial charge in [-0.1, -0.05) is 35.3 Å². The number of hydrogen-bond acceptors (Lipinski definition) is 2. The highest BCUT2D eigenvalue weighted by Gasteiger charge is 2.03. The predicted molar refractivity (Wildman–Crippen MR) is 71.5 cm³/mol. The Kier molecular flexibility index (Phi) is 6.03. The number of hydrogen-bond donors (Lipinski definition) is 2. The first-order valence-electron chi connectivity index (χ1n) is 5.77. The zero-order chi connectivity index (χ0) is 12.0. The van der Waals surface area contributed by atoms with E-state index in [0.717, 1.165) is 23.9 Å². The summed E-state index contributed by atoms with van der Waals surface area (Å²) in [6.45, 7) is 5.68. The maximum atomic E-state index is 9.57. The molecule has 0 heterocycles. The Morgan fingerprint density at radius 3 is 2.81 bits per heavy atom. The van der Waals surface area contributed by atoms with Crippen LogP contribution < -0.4 is 5.32 Å². The van der Waals surface area contributed by atoms with Gasteiger partial charge in [0.1, 0.15) is 0 Å². The molecule has 2 nitrogen and oxygen atoms in total. The highest BCUT2D eigenvalue weighted by atomic mass is 79.9. The average molecular weight is 286 g/mol. The SMILES string of the molecule is CCCC(O)CNCc1ccc(Br)cc1C. The molecule has 1 atom stereocenters. The fraction of sp³-hybridized carbons (Fsp3) is 0.538. The maximum Gasteiger partial charge on any atom is 0.0664 e. The van der Waals surface area contributed by atoms with Gasteiger partial charge in [0.2, 0.25) is 0 Å². The van der Waals surface area contributed by atoms with Crippen LogP contribution >= 0.6 is 15.9 Å². The minimum Gasteiger partial charge on any atom is -0.392 e. The topological polar surface area (TPSA) is 32.3 Å². The van der Waals surface area contributed by atoms with Crippen molar-refractivity contribution in [2.45, 2.75) is 39.3 Å². The van der Waals surface area contributed by atoms with Crippen LogP contribution in [0.3, 0.4) is 0 Å². The molecule has 0 bridgehead atoms. The number of aliphatic hydroxyl groups excluding tert-OH is 1. The lowest BCUT2D eigenvalue weighted by atomic mass is 10.1. The summed E-state index contributed by atoms with van der Waals surface area (Å²) in [6, 6.07) is 6.27. The number of aryl methyl sites for hydroxylation is 1. The van der Waals surface area contributed by atoms with E-state index in [2.05, 4.69) is 47.2 Å². The third-order valence-corrected chi connectivity index (χ3v) is 3.12. The van der Waals surface area contributed by atoms with E-state index < -0.39 is 0 Å². The van der Waals surface area contributed by atoms with E-state index in [0.29, 0.717) is 6.54 Å². The van der Waals surface area contributed by atoms with Gasteiger partial charge < -0.3 is 10.4 Å². The van der Waals surface area contributed by atoms with Crippen molar-refractivity contribution < 1.29 is 5.11 Å². The van der Waals surface area contributed by atoms with Crippen LogP contribution in [0.25, 0.3) is 0 Å². The molecule has 0 fully saturated rings. The number of aliphatic hydroxyl groups is 1. The largest absolute Gasteiger partial charge is 0.392 e. The summed E-state index contributed by atoms with van der Waals surface area (Å²) in [6.07, 6.45) is 1.67. The van der Waals surface area contributed by atoms with Gasteiger partial charge in [0.15, 0.2) is 0 Å². The van der Waals surface area contributed by atoms with Gasteiger partial charge in [-0.3, -0.25) is 0 Å². The summed E-state index contributed by atoms with van der Waals surface area (Å²) >= 11 is 3.45. The van der Waals surface area contributed by atoms with Gasteiger partial charge in [-0.25, -0.2) is 0 Å². The Bertz CT molecular complexity index is 328. The van der Waals surface area contributed by atoms with Gasteiger partial charge in [-0.05, 0) is 36.6 Å². The Morgan fingerprint density at radius 2 is 2.19 bits per heavy atom. The van der Waals surface area contributed by atoms with Crippen molar-refractivity contribution in [3.05, 3.63) is 33.8 Å². The average Bonchev–Trinajstić information content (AvgIpc) is 2.22. The normalized spacial score (nSPS) is 12.8. The smallest absolute Gasteiger partial charge is 0.0664 e. The molecule has 1 unspecified atom stereocenters. The van der Waals surface area contributed by atoms with E-state index in [-0.39, 0.29) is 6.10 Å². The number of nitrogens with one attached hydrogen (secondary N) is 1. The third-order valence-electron chi connectivity index (χ3n) is 2.62. The number of rotatable bonds is 6. The molecule has 1 aromatic carbocycles. The van der Waals surface area contributed by atoms with Crippen molar-refractivity contribution in [1.82, 2.24) is 5.32 Å². The zero-order valence-electron chi connectivity index (χ0n) is 9.96. The molecule has 0 radical (unpaired) electrons. The quantitative estimate of drug-likeness (QED) is 0.842. The van der Waals surface area contributed by atoms with Crippen molar-refractivity contribution in [3.63, 3.8) is 0 Å². The first-order chi connectivity index (χ1) is 7.63. The van der Waals surface area contributed by atoms with Crippen LogP contribution in [-0.4, -0.2) is 17.8 Å². The Labute approximate surface area is 106 Å². The standard InChI is InChI=1S/C13H20BrNO/c1-3-4-13(16)9-15-8-11-5-6-12(14)7-10(11)2/h5-7,13,15-16H,3-4,8-9H2,1-2H3. The molecule has 0 aliphatic rings. The van der Waals surface area contributed by atoms with Gasteiger partial charge in [-0.15, -0.1) is 0 Å². The number of halogens is 1. The molecular formula is C13H20BrNO. The van der Waals surface area contributed by atoms with Crippen LogP contribution in [0.15, 0.2) is 22.7 Å². The molecule has 90 valence electrons. The molecule has 0 amide bonds. The van der Waals surface area contributed by atoms with Crippen molar-refractivity contribution in [2.24, 2.45) is 0 Å². The lowest BCUT2D eigenvalue weighted by Crippen LogP contribution is -2.26. The molecule has 2 N–H and O–H groups in total. The zero-order valence-corrected chi connectivity index (χ0v) is 11.5. The Balaban J connectivity index is 2.37. The number of benzene rings is 1. The van der Waals surface area contributed by atoms with Gasteiger partial charge >= 0.3 is 0 Å². The first kappa shape index (κ1) is 13.7. The molecule has 0 aromatic heterocycles. The fourth-order valence-corrected chi connectivity index (χ4v) is 2.14. The van der Waals surface area contributed by atoms with Crippen LogP contribution in [0.1, 0.15) is 30.9 Å². The fourth-order valence-electron chi connectivity index (χ4n) is 1.67. The van der Waals surface area contributed by atoms with E-state index in [9.17, 15) is 5.11 Å². The van der Waals surface area contributed by atoms with E-state index in [1.807, 2.05) is 6.07 Å². The van der Waals surface area contributed by atoms with Gasteiger partial charge in [0.25, 0.3) is 0 Å². The van der Waals surface area contributed by atoms with Crippen molar-refractivity contribution in [3.8, 4) is 0 Å². The van der Waals surface area contributed by atoms with Gasteiger partial charge in [0, 0.05) is 17.6 Å². The highest BCUT2D eigenvalue weighted by molar-refractivity contribution is 9.10. The van der Waals surface area contributed by atoms with Crippen molar-refractivity contribution in [1.29, 1.82) is 0 Å². The van der Waals surface area contributed by atoms with Gasteiger partial charge in [0.05, 0.1) is 6.10 Å². The molecule has 0 aliphatic carbocycles. The molecule has 1 rings (SSSR count). The van der Waals surface area contributed by atoms with Gasteiger partial charge in [-0.2, -0.15) is 0 Å². The maximum absolute atomic E-state index is 9.57. The second-order valence-electron chi connectivity index (χ2n) is 4.14. The van der Waals surface area contributed by atoms with Crippen molar-refractivity contribution >= 4 is 15.9 Å². The van der Waals surface area contributed by atoms with E-state index in [4.69, 9.17) is 0 Å². The molecule has 16 heavy (non-hydrogen) atoms. The summed E-state index contributed by atoms with van der Waals surface area (Å²) in [5, 5.41) is 12.9.